The third kappa shape index (κ3) is 4.71. The van der Waals surface area contributed by atoms with E-state index in [1.165, 1.54) is 0 Å². The van der Waals surface area contributed by atoms with Gasteiger partial charge >= 0.3 is 0 Å². The van der Waals surface area contributed by atoms with Crippen molar-refractivity contribution in [3.8, 4) is 23.1 Å². The van der Waals surface area contributed by atoms with Crippen molar-refractivity contribution in [1.29, 1.82) is 5.26 Å². The van der Waals surface area contributed by atoms with Crippen molar-refractivity contribution < 1.29 is 13.3 Å². The summed E-state index contributed by atoms with van der Waals surface area (Å²) in [6.07, 6.45) is 0. The first-order valence-corrected chi connectivity index (χ1v) is 23.2. The standard InChI is InChI=1S/C62H31N5O3/c1-64-61-46(33-63)53(65-47-20-8-2-14-34(47)40-29-58-43(26-50(40)65)37-17-5-11-23-55(37)68-58)32-54(66-48-21-9-3-15-35(48)41-30-59-44(27-51(41)66)38-18-6-12-24-56(38)69-59)62(61)67-49-22-10-4-16-36(49)42-31-60-45(28-52(42)67)39-19-7-13-25-57(39)70-60/h2-32H. The van der Waals surface area contributed by atoms with Gasteiger partial charge < -0.3 is 27.0 Å². The summed E-state index contributed by atoms with van der Waals surface area (Å²) in [6, 6.07) is 67.1. The zero-order chi connectivity index (χ0) is 45.9. The third-order valence-corrected chi connectivity index (χ3v) is 14.7. The van der Waals surface area contributed by atoms with Crippen LogP contribution in [0.1, 0.15) is 5.56 Å². The number of hydrogen-bond acceptors (Lipinski definition) is 4. The van der Waals surface area contributed by atoms with Gasteiger partial charge in [-0.15, -0.1) is 0 Å². The smallest absolute Gasteiger partial charge is 0.232 e. The van der Waals surface area contributed by atoms with Crippen molar-refractivity contribution in [2.45, 2.75) is 0 Å². The zero-order valence-electron chi connectivity index (χ0n) is 36.9. The second-order valence-corrected chi connectivity index (χ2v) is 18.2. The first kappa shape index (κ1) is 37.1. The van der Waals surface area contributed by atoms with Crippen LogP contribution in [0.4, 0.5) is 5.69 Å². The van der Waals surface area contributed by atoms with Crippen LogP contribution in [0.3, 0.4) is 0 Å². The molecule has 70 heavy (non-hydrogen) atoms. The molecular formula is C62H31N5O3. The van der Waals surface area contributed by atoms with E-state index in [9.17, 15) is 11.8 Å². The van der Waals surface area contributed by atoms with E-state index < -0.39 is 0 Å². The number of para-hydroxylation sites is 6. The van der Waals surface area contributed by atoms with Crippen LogP contribution in [0.2, 0.25) is 0 Å². The molecule has 0 radical (unpaired) electrons. The maximum absolute atomic E-state index is 11.7. The molecule has 6 aromatic heterocycles. The molecule has 0 amide bonds. The van der Waals surface area contributed by atoms with E-state index in [4.69, 9.17) is 13.3 Å². The Morgan fingerprint density at radius 1 is 0.343 bits per heavy atom. The van der Waals surface area contributed by atoms with E-state index in [0.717, 1.165) is 137 Å². The minimum Gasteiger partial charge on any atom is -0.456 e. The minimum absolute atomic E-state index is 0.233. The summed E-state index contributed by atoms with van der Waals surface area (Å²) in [5.41, 5.74) is 12.6. The molecule has 0 saturated heterocycles. The van der Waals surface area contributed by atoms with E-state index in [2.05, 4.69) is 134 Å². The number of furan rings is 3. The van der Waals surface area contributed by atoms with E-state index in [1.807, 2.05) is 78.9 Å². The fourth-order valence-electron chi connectivity index (χ4n) is 11.7. The van der Waals surface area contributed by atoms with Crippen molar-refractivity contribution in [1.82, 2.24) is 13.7 Å². The summed E-state index contributed by atoms with van der Waals surface area (Å²) >= 11 is 0. The molecule has 16 rings (SSSR count). The average molecular weight is 894 g/mol. The van der Waals surface area contributed by atoms with Gasteiger partial charge in [0.05, 0.1) is 68.4 Å². The predicted molar refractivity (Wildman–Crippen MR) is 282 cm³/mol. The largest absolute Gasteiger partial charge is 0.456 e. The molecule has 0 atom stereocenters. The SMILES string of the molecule is [C-]#[N+]c1c(C#N)c(-n2c3ccccc3c3cc4oc5ccccc5c4cc32)cc(-n2c3ccccc3c3cc4oc5ccccc5c4cc32)c1-n1c2ccccc2c2cc3oc4ccccc4c3cc21. The molecule has 8 heteroatoms. The number of nitrogens with zero attached hydrogens (tertiary/aromatic N) is 5. The van der Waals surface area contributed by atoms with Gasteiger partial charge in [-0.25, -0.2) is 4.85 Å². The molecule has 10 aromatic carbocycles. The lowest BCUT2D eigenvalue weighted by Crippen LogP contribution is -2.08. The van der Waals surface area contributed by atoms with Gasteiger partial charge in [0, 0.05) is 64.6 Å². The molecule has 6 heterocycles. The van der Waals surface area contributed by atoms with Crippen LogP contribution in [0.25, 0.3) is 153 Å². The zero-order valence-corrected chi connectivity index (χ0v) is 36.9. The number of aromatic nitrogens is 3. The molecule has 0 bridgehead atoms. The van der Waals surface area contributed by atoms with Crippen molar-refractivity contribution in [2.75, 3.05) is 0 Å². The van der Waals surface area contributed by atoms with Gasteiger partial charge in [-0.05, 0) is 78.9 Å². The summed E-state index contributed by atoms with van der Waals surface area (Å²) < 4.78 is 26.2. The van der Waals surface area contributed by atoms with E-state index in [-0.39, 0.29) is 11.3 Å². The van der Waals surface area contributed by atoms with Crippen LogP contribution in [0.15, 0.2) is 201 Å². The number of rotatable bonds is 3. The molecular weight excluding hydrogens is 863 g/mol. The maximum Gasteiger partial charge on any atom is 0.232 e. The second kappa shape index (κ2) is 13.3. The van der Waals surface area contributed by atoms with Gasteiger partial charge in [-0.2, -0.15) is 5.26 Å². The Bertz CT molecular complexity index is 5110. The quantitative estimate of drug-likeness (QED) is 0.165. The van der Waals surface area contributed by atoms with E-state index >= 15 is 0 Å². The first-order chi connectivity index (χ1) is 34.6. The molecule has 0 N–H and O–H groups in total. The monoisotopic (exact) mass is 893 g/mol. The fraction of sp³-hybridized carbons (Fsp3) is 0. The van der Waals surface area contributed by atoms with E-state index in [1.54, 1.807) is 0 Å². The molecule has 0 fully saturated rings. The third-order valence-electron chi connectivity index (χ3n) is 14.7. The Balaban J connectivity index is 1.13. The molecule has 0 aliphatic carbocycles. The van der Waals surface area contributed by atoms with Crippen molar-refractivity contribution in [2.24, 2.45) is 0 Å². The van der Waals surface area contributed by atoms with E-state index in [0.29, 0.717) is 11.4 Å². The van der Waals surface area contributed by atoms with Gasteiger partial charge in [0.15, 0.2) is 0 Å². The van der Waals surface area contributed by atoms with Crippen LogP contribution in [-0.4, -0.2) is 13.7 Å². The highest BCUT2D eigenvalue weighted by atomic mass is 16.3. The summed E-state index contributed by atoms with van der Waals surface area (Å²) in [6.45, 7) is 9.31. The van der Waals surface area contributed by atoms with Crippen LogP contribution >= 0.6 is 0 Å². The summed E-state index contributed by atoms with van der Waals surface area (Å²) in [4.78, 5) is 4.47. The average Bonchev–Trinajstić information content (AvgIpc) is 4.25. The lowest BCUT2D eigenvalue weighted by atomic mass is 10.0. The Morgan fingerprint density at radius 3 is 1.11 bits per heavy atom. The lowest BCUT2D eigenvalue weighted by molar-refractivity contribution is 0.669. The number of hydrogen-bond donors (Lipinski definition) is 0. The predicted octanol–water partition coefficient (Wildman–Crippen LogP) is 17.1. The number of benzene rings is 10. The Hall–Kier alpha value is -10.0. The highest BCUT2D eigenvalue weighted by Gasteiger charge is 2.30. The van der Waals surface area contributed by atoms with Crippen LogP contribution in [0.5, 0.6) is 0 Å². The lowest BCUT2D eigenvalue weighted by Gasteiger charge is -2.22. The molecule has 0 aliphatic heterocycles. The van der Waals surface area contributed by atoms with Crippen LogP contribution in [0, 0.1) is 17.9 Å². The highest BCUT2D eigenvalue weighted by Crippen LogP contribution is 2.49. The van der Waals surface area contributed by atoms with Crippen LogP contribution < -0.4 is 0 Å². The Kier molecular flexibility index (Phi) is 7.06. The topological polar surface area (TPSA) is 82.4 Å². The minimum atomic E-state index is 0.233. The van der Waals surface area contributed by atoms with Crippen molar-refractivity contribution in [3.63, 3.8) is 0 Å². The molecule has 0 unspecified atom stereocenters. The maximum atomic E-state index is 11.7. The molecule has 0 saturated carbocycles. The summed E-state index contributed by atoms with van der Waals surface area (Å²) in [7, 11) is 0. The summed E-state index contributed by atoms with van der Waals surface area (Å²) in [5.74, 6) is 0. The summed E-state index contributed by atoms with van der Waals surface area (Å²) in [5, 5.41) is 23.6. The number of nitriles is 1. The molecule has 322 valence electrons. The van der Waals surface area contributed by atoms with Crippen LogP contribution in [-0.2, 0) is 0 Å². The van der Waals surface area contributed by atoms with Gasteiger partial charge in [0.2, 0.25) is 5.69 Å². The van der Waals surface area contributed by atoms with Gasteiger partial charge in [0.1, 0.15) is 33.5 Å². The van der Waals surface area contributed by atoms with Crippen molar-refractivity contribution >= 4 is 137 Å². The first-order valence-electron chi connectivity index (χ1n) is 23.2. The highest BCUT2D eigenvalue weighted by molar-refractivity contribution is 6.21. The fourth-order valence-corrected chi connectivity index (χ4v) is 11.7. The Labute approximate surface area is 395 Å². The van der Waals surface area contributed by atoms with Crippen molar-refractivity contribution in [3.05, 3.63) is 205 Å². The van der Waals surface area contributed by atoms with Gasteiger partial charge in [-0.1, -0.05) is 109 Å². The number of fused-ring (bicyclic) bond motifs is 18. The Morgan fingerprint density at radius 2 is 0.700 bits per heavy atom. The molecule has 0 spiro atoms. The van der Waals surface area contributed by atoms with Gasteiger partial charge in [0.25, 0.3) is 0 Å². The second-order valence-electron chi connectivity index (χ2n) is 18.2. The normalized spacial score (nSPS) is 12.3. The van der Waals surface area contributed by atoms with Gasteiger partial charge in [-0.3, -0.25) is 0 Å². The molecule has 16 aromatic rings. The molecule has 0 aliphatic rings. The molecule has 8 nitrogen and oxygen atoms in total.